The average molecular weight is 265 g/mol. The summed E-state index contributed by atoms with van der Waals surface area (Å²) in [5.41, 5.74) is 3.13. The summed E-state index contributed by atoms with van der Waals surface area (Å²) in [6, 6.07) is 9.73. The largest absolute Gasteiger partial charge is 0.307 e. The van der Waals surface area contributed by atoms with Crippen LogP contribution >= 0.6 is 0 Å². The molecule has 20 heavy (non-hydrogen) atoms. The highest BCUT2D eigenvalue weighted by Gasteiger charge is 2.17. The van der Waals surface area contributed by atoms with Crippen LogP contribution in [0.3, 0.4) is 0 Å². The molecule has 1 aliphatic rings. The molecule has 2 aromatic rings. The zero-order valence-electron chi connectivity index (χ0n) is 11.0. The van der Waals surface area contributed by atoms with Crippen molar-refractivity contribution in [3.8, 4) is 0 Å². The van der Waals surface area contributed by atoms with Crippen LogP contribution in [0.25, 0.3) is 6.08 Å². The normalized spacial score (nSPS) is 13.4. The number of aryl methyl sites for hydroxylation is 1. The zero-order chi connectivity index (χ0) is 13.8. The summed E-state index contributed by atoms with van der Waals surface area (Å²) in [7, 11) is 0. The Bertz CT molecular complexity index is 650. The first-order valence-electron chi connectivity index (χ1n) is 6.70. The van der Waals surface area contributed by atoms with Gasteiger partial charge in [-0.05, 0) is 30.9 Å². The van der Waals surface area contributed by atoms with Crippen LogP contribution in [0.15, 0.2) is 42.7 Å². The van der Waals surface area contributed by atoms with E-state index in [0.717, 1.165) is 36.1 Å². The summed E-state index contributed by atoms with van der Waals surface area (Å²) in [6.07, 6.45) is 7.82. The molecule has 100 valence electrons. The molecule has 1 aromatic carbocycles. The minimum Gasteiger partial charge on any atom is -0.307 e. The molecule has 0 saturated carbocycles. The van der Waals surface area contributed by atoms with Gasteiger partial charge >= 0.3 is 0 Å². The predicted molar refractivity (Wildman–Crippen MR) is 78.2 cm³/mol. The highest BCUT2D eigenvalue weighted by Crippen LogP contribution is 2.24. The number of carbonyl (C=O) groups excluding carboxylic acids is 1. The van der Waals surface area contributed by atoms with Crippen molar-refractivity contribution in [1.29, 1.82) is 0 Å². The molecule has 1 amide bonds. The summed E-state index contributed by atoms with van der Waals surface area (Å²) in [5, 5.41) is 2.84. The van der Waals surface area contributed by atoms with Crippen LogP contribution in [0.1, 0.15) is 23.2 Å². The maximum absolute atomic E-state index is 11.9. The summed E-state index contributed by atoms with van der Waals surface area (Å²) in [6.45, 7) is 0. The second-order valence-corrected chi connectivity index (χ2v) is 4.73. The van der Waals surface area contributed by atoms with E-state index in [1.807, 2.05) is 30.3 Å². The van der Waals surface area contributed by atoms with Crippen LogP contribution in [0.4, 0.5) is 5.82 Å². The topological polar surface area (TPSA) is 54.9 Å². The van der Waals surface area contributed by atoms with E-state index in [2.05, 4.69) is 15.3 Å². The molecule has 4 nitrogen and oxygen atoms in total. The van der Waals surface area contributed by atoms with Gasteiger partial charge in [-0.1, -0.05) is 30.3 Å². The molecule has 0 aliphatic heterocycles. The monoisotopic (exact) mass is 265 g/mol. The van der Waals surface area contributed by atoms with E-state index < -0.39 is 0 Å². The van der Waals surface area contributed by atoms with Gasteiger partial charge in [0.05, 0.1) is 0 Å². The van der Waals surface area contributed by atoms with Crippen molar-refractivity contribution in [2.75, 3.05) is 5.32 Å². The first-order valence-corrected chi connectivity index (χ1v) is 6.70. The highest BCUT2D eigenvalue weighted by molar-refractivity contribution is 6.01. The van der Waals surface area contributed by atoms with Crippen LogP contribution < -0.4 is 5.32 Å². The first-order chi connectivity index (χ1) is 9.83. The zero-order valence-corrected chi connectivity index (χ0v) is 11.0. The van der Waals surface area contributed by atoms with Gasteiger partial charge in [0.1, 0.15) is 12.1 Å². The number of rotatable bonds is 3. The third-order valence-corrected chi connectivity index (χ3v) is 3.34. The SMILES string of the molecule is O=C(C=Cc1ccccc1)Nc1ncnc2c1CCC2. The van der Waals surface area contributed by atoms with E-state index in [0.29, 0.717) is 5.82 Å². The van der Waals surface area contributed by atoms with Gasteiger partial charge in [0.15, 0.2) is 0 Å². The third kappa shape index (κ3) is 2.74. The van der Waals surface area contributed by atoms with Crippen LogP contribution in [0.2, 0.25) is 0 Å². The van der Waals surface area contributed by atoms with E-state index in [-0.39, 0.29) is 5.91 Å². The Kier molecular flexibility index (Phi) is 3.54. The van der Waals surface area contributed by atoms with E-state index in [4.69, 9.17) is 0 Å². The number of anilines is 1. The number of carbonyl (C=O) groups is 1. The number of fused-ring (bicyclic) bond motifs is 1. The number of aromatic nitrogens is 2. The number of hydrogen-bond donors (Lipinski definition) is 1. The smallest absolute Gasteiger partial charge is 0.249 e. The van der Waals surface area contributed by atoms with Crippen molar-refractivity contribution in [3.05, 3.63) is 59.6 Å². The van der Waals surface area contributed by atoms with Crippen LogP contribution in [-0.2, 0) is 17.6 Å². The number of amides is 1. The second kappa shape index (κ2) is 5.65. The molecule has 0 bridgehead atoms. The van der Waals surface area contributed by atoms with Gasteiger partial charge in [0, 0.05) is 17.3 Å². The molecule has 0 unspecified atom stereocenters. The molecule has 1 heterocycles. The molecular formula is C16H15N3O. The lowest BCUT2D eigenvalue weighted by Gasteiger charge is -2.06. The van der Waals surface area contributed by atoms with Gasteiger partial charge in [-0.25, -0.2) is 9.97 Å². The maximum atomic E-state index is 11.9. The predicted octanol–water partition coefficient (Wildman–Crippen LogP) is 2.62. The maximum Gasteiger partial charge on any atom is 0.249 e. The van der Waals surface area contributed by atoms with Gasteiger partial charge in [0.2, 0.25) is 5.91 Å². The Labute approximate surface area is 117 Å². The minimum absolute atomic E-state index is 0.165. The van der Waals surface area contributed by atoms with Gasteiger partial charge < -0.3 is 5.32 Å². The molecule has 0 saturated heterocycles. The van der Waals surface area contributed by atoms with Gasteiger partial charge in [0.25, 0.3) is 0 Å². The fourth-order valence-electron chi connectivity index (χ4n) is 2.36. The van der Waals surface area contributed by atoms with Crippen molar-refractivity contribution >= 4 is 17.8 Å². The summed E-state index contributed by atoms with van der Waals surface area (Å²) in [5.74, 6) is 0.483. The Hall–Kier alpha value is -2.49. The lowest BCUT2D eigenvalue weighted by atomic mass is 10.2. The fraction of sp³-hybridized carbons (Fsp3) is 0.188. The first kappa shape index (κ1) is 12.5. The quantitative estimate of drug-likeness (QED) is 0.868. The molecule has 0 spiro atoms. The summed E-state index contributed by atoms with van der Waals surface area (Å²) < 4.78 is 0. The Morgan fingerprint density at radius 3 is 2.85 bits per heavy atom. The third-order valence-electron chi connectivity index (χ3n) is 3.34. The van der Waals surface area contributed by atoms with E-state index in [1.54, 1.807) is 6.08 Å². The molecule has 0 radical (unpaired) electrons. The molecule has 1 aromatic heterocycles. The van der Waals surface area contributed by atoms with Gasteiger partial charge in [-0.2, -0.15) is 0 Å². The number of nitrogens with one attached hydrogen (secondary N) is 1. The van der Waals surface area contributed by atoms with Crippen molar-refractivity contribution in [1.82, 2.24) is 9.97 Å². The number of benzene rings is 1. The molecule has 1 N–H and O–H groups in total. The van der Waals surface area contributed by atoms with Crippen molar-refractivity contribution in [2.24, 2.45) is 0 Å². The van der Waals surface area contributed by atoms with Gasteiger partial charge in [-0.15, -0.1) is 0 Å². The summed E-state index contributed by atoms with van der Waals surface area (Å²) >= 11 is 0. The van der Waals surface area contributed by atoms with E-state index >= 15 is 0 Å². The average Bonchev–Trinajstić information content (AvgIpc) is 2.96. The highest BCUT2D eigenvalue weighted by atomic mass is 16.1. The second-order valence-electron chi connectivity index (χ2n) is 4.73. The fourth-order valence-corrected chi connectivity index (χ4v) is 2.36. The molecule has 0 atom stereocenters. The van der Waals surface area contributed by atoms with Crippen molar-refractivity contribution in [2.45, 2.75) is 19.3 Å². The van der Waals surface area contributed by atoms with Gasteiger partial charge in [-0.3, -0.25) is 4.79 Å². The molecule has 3 rings (SSSR count). The summed E-state index contributed by atoms with van der Waals surface area (Å²) in [4.78, 5) is 20.3. The molecule has 0 fully saturated rings. The lowest BCUT2D eigenvalue weighted by Crippen LogP contribution is -2.11. The van der Waals surface area contributed by atoms with E-state index in [9.17, 15) is 4.79 Å². The van der Waals surface area contributed by atoms with E-state index in [1.165, 1.54) is 12.4 Å². The Balaban J connectivity index is 1.71. The van der Waals surface area contributed by atoms with Crippen LogP contribution in [0, 0.1) is 0 Å². The number of nitrogens with zero attached hydrogens (tertiary/aromatic N) is 2. The lowest BCUT2D eigenvalue weighted by molar-refractivity contribution is -0.111. The standard InChI is InChI=1S/C16H15N3O/c20-15(10-9-12-5-2-1-3-6-12)19-16-13-7-4-8-14(13)17-11-18-16/h1-3,5-6,9-11H,4,7-8H2,(H,17,18,19,20). The molecular weight excluding hydrogens is 250 g/mol. The minimum atomic E-state index is -0.165. The Morgan fingerprint density at radius 1 is 1.15 bits per heavy atom. The Morgan fingerprint density at radius 2 is 2.00 bits per heavy atom. The van der Waals surface area contributed by atoms with Crippen LogP contribution in [0.5, 0.6) is 0 Å². The van der Waals surface area contributed by atoms with Crippen molar-refractivity contribution < 1.29 is 4.79 Å². The van der Waals surface area contributed by atoms with Crippen LogP contribution in [-0.4, -0.2) is 15.9 Å². The number of hydrogen-bond acceptors (Lipinski definition) is 3. The molecule has 1 aliphatic carbocycles. The van der Waals surface area contributed by atoms with Crippen molar-refractivity contribution in [3.63, 3.8) is 0 Å². The molecule has 4 heteroatoms.